The van der Waals surface area contributed by atoms with Gasteiger partial charge in [-0.25, -0.2) is 4.79 Å². The van der Waals surface area contributed by atoms with Crippen molar-refractivity contribution in [1.29, 1.82) is 0 Å². The number of aryl methyl sites for hydroxylation is 2. The molecule has 6 heteroatoms. The maximum Gasteiger partial charge on any atom is 0.339 e. The van der Waals surface area contributed by atoms with Crippen molar-refractivity contribution in [3.8, 4) is 0 Å². The van der Waals surface area contributed by atoms with Crippen LogP contribution >= 0.6 is 11.6 Å². The van der Waals surface area contributed by atoms with Crippen molar-refractivity contribution in [2.45, 2.75) is 20.5 Å². The first-order valence-corrected chi connectivity index (χ1v) is 6.93. The predicted octanol–water partition coefficient (Wildman–Crippen LogP) is 4.22. The minimum atomic E-state index is -0.612. The molecule has 2 rings (SSSR count). The van der Waals surface area contributed by atoms with Gasteiger partial charge in [0.15, 0.2) is 0 Å². The number of hydrogen-bond acceptors (Lipinski definition) is 4. The minimum absolute atomic E-state index is 0.000349. The third kappa shape index (κ3) is 3.83. The molecule has 0 aliphatic carbocycles. The summed E-state index contributed by atoms with van der Waals surface area (Å²) in [6.07, 6.45) is 0. The Hall–Kier alpha value is -2.40. The summed E-state index contributed by atoms with van der Waals surface area (Å²) >= 11 is 5.90. The second-order valence-electron chi connectivity index (χ2n) is 4.99. The second-order valence-corrected chi connectivity index (χ2v) is 5.40. The lowest BCUT2D eigenvalue weighted by atomic mass is 10.1. The van der Waals surface area contributed by atoms with Gasteiger partial charge in [0.1, 0.15) is 6.61 Å². The molecule has 2 aromatic rings. The molecule has 0 aromatic heterocycles. The zero-order valence-corrected chi connectivity index (χ0v) is 12.9. The van der Waals surface area contributed by atoms with Crippen molar-refractivity contribution >= 4 is 23.3 Å². The summed E-state index contributed by atoms with van der Waals surface area (Å²) < 4.78 is 5.21. The van der Waals surface area contributed by atoms with Crippen molar-refractivity contribution in [2.75, 3.05) is 0 Å². The van der Waals surface area contributed by atoms with Crippen LogP contribution in [-0.2, 0) is 11.3 Å². The average molecular weight is 320 g/mol. The van der Waals surface area contributed by atoms with Crippen LogP contribution in [0.5, 0.6) is 0 Å². The molecule has 0 bridgehead atoms. The van der Waals surface area contributed by atoms with Gasteiger partial charge in [-0.3, -0.25) is 10.1 Å². The fourth-order valence-electron chi connectivity index (χ4n) is 2.16. The van der Waals surface area contributed by atoms with E-state index in [-0.39, 0.29) is 22.9 Å². The standard InChI is InChI=1S/C16H14ClNO4/c1-10-5-11(2)7-12(6-10)9-22-16(19)14-4-3-13(18(20)21)8-15(14)17/h3-8H,9H2,1-2H3. The predicted molar refractivity (Wildman–Crippen MR) is 83.1 cm³/mol. The highest BCUT2D eigenvalue weighted by molar-refractivity contribution is 6.33. The highest BCUT2D eigenvalue weighted by Gasteiger charge is 2.16. The van der Waals surface area contributed by atoms with E-state index in [1.807, 2.05) is 32.0 Å². The van der Waals surface area contributed by atoms with E-state index in [0.29, 0.717) is 0 Å². The Morgan fingerprint density at radius 3 is 2.36 bits per heavy atom. The third-order valence-electron chi connectivity index (χ3n) is 3.03. The van der Waals surface area contributed by atoms with Crippen LogP contribution in [0.25, 0.3) is 0 Å². The number of ether oxygens (including phenoxy) is 1. The third-order valence-corrected chi connectivity index (χ3v) is 3.35. The quantitative estimate of drug-likeness (QED) is 0.480. The van der Waals surface area contributed by atoms with Crippen LogP contribution in [0.1, 0.15) is 27.0 Å². The van der Waals surface area contributed by atoms with Gasteiger partial charge >= 0.3 is 5.97 Å². The molecular weight excluding hydrogens is 306 g/mol. The molecule has 0 N–H and O–H groups in total. The van der Waals surface area contributed by atoms with Crippen molar-refractivity contribution in [3.63, 3.8) is 0 Å². The summed E-state index contributed by atoms with van der Waals surface area (Å²) in [5, 5.41) is 10.6. The fraction of sp³-hybridized carbons (Fsp3) is 0.188. The molecule has 0 saturated carbocycles. The van der Waals surface area contributed by atoms with Gasteiger partial charge in [-0.05, 0) is 25.5 Å². The average Bonchev–Trinajstić information content (AvgIpc) is 2.43. The van der Waals surface area contributed by atoms with Crippen molar-refractivity contribution in [2.24, 2.45) is 0 Å². The number of rotatable bonds is 4. The van der Waals surface area contributed by atoms with Gasteiger partial charge in [-0.2, -0.15) is 0 Å². The lowest BCUT2D eigenvalue weighted by molar-refractivity contribution is -0.384. The molecule has 0 aliphatic heterocycles. The molecule has 0 aliphatic rings. The molecule has 2 aromatic carbocycles. The number of esters is 1. The fourth-order valence-corrected chi connectivity index (χ4v) is 2.41. The van der Waals surface area contributed by atoms with Crippen molar-refractivity contribution < 1.29 is 14.5 Å². The number of non-ortho nitro benzene ring substituents is 1. The maximum atomic E-state index is 12.0. The van der Waals surface area contributed by atoms with Gasteiger partial charge in [0, 0.05) is 12.1 Å². The Morgan fingerprint density at radius 1 is 1.18 bits per heavy atom. The zero-order valence-electron chi connectivity index (χ0n) is 12.1. The normalized spacial score (nSPS) is 10.3. The number of hydrogen-bond donors (Lipinski definition) is 0. The van der Waals surface area contributed by atoms with E-state index in [1.165, 1.54) is 12.1 Å². The lowest BCUT2D eigenvalue weighted by Crippen LogP contribution is -2.06. The van der Waals surface area contributed by atoms with Crippen LogP contribution in [-0.4, -0.2) is 10.9 Å². The smallest absolute Gasteiger partial charge is 0.339 e. The molecule has 0 fully saturated rings. The number of benzene rings is 2. The van der Waals surface area contributed by atoms with Crippen molar-refractivity contribution in [3.05, 3.63) is 73.8 Å². The molecule has 0 heterocycles. The van der Waals surface area contributed by atoms with E-state index in [9.17, 15) is 14.9 Å². The van der Waals surface area contributed by atoms with Crippen LogP contribution in [0.15, 0.2) is 36.4 Å². The molecule has 5 nitrogen and oxygen atoms in total. The topological polar surface area (TPSA) is 69.4 Å². The van der Waals surface area contributed by atoms with Gasteiger partial charge in [-0.15, -0.1) is 0 Å². The first-order chi connectivity index (χ1) is 10.4. The Kier molecular flexibility index (Phi) is 4.78. The van der Waals surface area contributed by atoms with Crippen LogP contribution < -0.4 is 0 Å². The summed E-state index contributed by atoms with van der Waals surface area (Å²) in [5.74, 6) is -0.612. The highest BCUT2D eigenvalue weighted by Crippen LogP contribution is 2.23. The Bertz CT molecular complexity index is 723. The summed E-state index contributed by atoms with van der Waals surface area (Å²) in [5.41, 5.74) is 2.98. The Morgan fingerprint density at radius 2 is 1.82 bits per heavy atom. The molecule has 0 saturated heterocycles. The number of nitro benzene ring substituents is 1. The number of nitrogens with zero attached hydrogens (tertiary/aromatic N) is 1. The maximum absolute atomic E-state index is 12.0. The van der Waals surface area contributed by atoms with Gasteiger partial charge in [0.05, 0.1) is 15.5 Å². The Balaban J connectivity index is 2.11. The van der Waals surface area contributed by atoms with E-state index < -0.39 is 10.9 Å². The molecule has 22 heavy (non-hydrogen) atoms. The summed E-state index contributed by atoms with van der Waals surface area (Å²) in [4.78, 5) is 22.1. The molecule has 0 amide bonds. The Labute approximate surface area is 132 Å². The van der Waals surface area contributed by atoms with E-state index in [4.69, 9.17) is 16.3 Å². The number of nitro groups is 1. The van der Waals surface area contributed by atoms with Gasteiger partial charge in [0.25, 0.3) is 5.69 Å². The summed E-state index contributed by atoms with van der Waals surface area (Å²) in [6.45, 7) is 4.05. The molecule has 0 spiro atoms. The van der Waals surface area contributed by atoms with Gasteiger partial charge in [0.2, 0.25) is 0 Å². The van der Waals surface area contributed by atoms with Crippen LogP contribution in [0.3, 0.4) is 0 Å². The minimum Gasteiger partial charge on any atom is -0.457 e. The number of carbonyl (C=O) groups excluding carboxylic acids is 1. The van der Waals surface area contributed by atoms with E-state index >= 15 is 0 Å². The molecule has 0 radical (unpaired) electrons. The number of halogens is 1. The molecule has 0 unspecified atom stereocenters. The van der Waals surface area contributed by atoms with E-state index in [2.05, 4.69) is 0 Å². The monoisotopic (exact) mass is 319 g/mol. The summed E-state index contributed by atoms with van der Waals surface area (Å²) in [6, 6.07) is 9.53. The largest absolute Gasteiger partial charge is 0.457 e. The lowest BCUT2D eigenvalue weighted by Gasteiger charge is -2.08. The van der Waals surface area contributed by atoms with Crippen molar-refractivity contribution in [1.82, 2.24) is 0 Å². The van der Waals surface area contributed by atoms with E-state index in [0.717, 1.165) is 22.8 Å². The van der Waals surface area contributed by atoms with Crippen LogP contribution in [0, 0.1) is 24.0 Å². The highest BCUT2D eigenvalue weighted by atomic mass is 35.5. The first-order valence-electron chi connectivity index (χ1n) is 6.55. The zero-order chi connectivity index (χ0) is 16.3. The van der Waals surface area contributed by atoms with E-state index in [1.54, 1.807) is 0 Å². The molecular formula is C16H14ClNO4. The molecule has 0 atom stereocenters. The van der Waals surface area contributed by atoms with Gasteiger partial charge in [-0.1, -0.05) is 40.9 Å². The summed E-state index contributed by atoms with van der Waals surface area (Å²) in [7, 11) is 0. The van der Waals surface area contributed by atoms with Crippen LogP contribution in [0.2, 0.25) is 5.02 Å². The second kappa shape index (κ2) is 6.58. The van der Waals surface area contributed by atoms with Gasteiger partial charge < -0.3 is 4.74 Å². The molecule has 114 valence electrons. The van der Waals surface area contributed by atoms with Crippen LogP contribution in [0.4, 0.5) is 5.69 Å². The SMILES string of the molecule is Cc1cc(C)cc(COC(=O)c2ccc([N+](=O)[O-])cc2Cl)c1. The number of carbonyl (C=O) groups is 1. The first kappa shape index (κ1) is 16.0.